The number of fused-ring (bicyclic) bond motifs is 1. The molecule has 148 valence electrons. The fourth-order valence-corrected chi connectivity index (χ4v) is 3.80. The van der Waals surface area contributed by atoms with E-state index in [1.165, 1.54) is 11.1 Å². The van der Waals surface area contributed by atoms with Crippen molar-refractivity contribution in [3.63, 3.8) is 0 Å². The topological polar surface area (TPSA) is 62.4 Å². The van der Waals surface area contributed by atoms with Gasteiger partial charge in [0.15, 0.2) is 5.82 Å². The molecule has 0 aliphatic rings. The van der Waals surface area contributed by atoms with Gasteiger partial charge in [-0.25, -0.2) is 4.98 Å². The molecule has 3 aromatic rings. The van der Waals surface area contributed by atoms with Gasteiger partial charge >= 0.3 is 0 Å². The van der Waals surface area contributed by atoms with Crippen LogP contribution in [0.15, 0.2) is 47.3 Å². The summed E-state index contributed by atoms with van der Waals surface area (Å²) >= 11 is 6.06. The number of rotatable bonds is 7. The Morgan fingerprint density at radius 2 is 1.79 bits per heavy atom. The third-order valence-corrected chi connectivity index (χ3v) is 5.24. The van der Waals surface area contributed by atoms with Crippen molar-refractivity contribution in [2.45, 2.75) is 46.7 Å². The molecule has 0 amide bonds. The van der Waals surface area contributed by atoms with Crippen LogP contribution < -0.4 is 10.9 Å². The van der Waals surface area contributed by atoms with Crippen molar-refractivity contribution < 1.29 is 5.32 Å². The molecule has 5 heteroatoms. The highest BCUT2D eigenvalue weighted by Gasteiger charge is 2.20. The quantitative estimate of drug-likeness (QED) is 0.625. The first kappa shape index (κ1) is 20.6. The Kier molecular flexibility index (Phi) is 6.53. The minimum atomic E-state index is -0.121. The lowest BCUT2D eigenvalue weighted by Crippen LogP contribution is -2.85. The molecule has 0 saturated carbocycles. The SMILES string of the molecule is CC(C)Cc1ccc([C@H]([NH2+]Cc2nc3cc(Cl)ccc3c(=O)[nH]2)C(C)C)cc1. The van der Waals surface area contributed by atoms with Gasteiger partial charge in [-0.1, -0.05) is 63.6 Å². The number of halogens is 1. The molecule has 0 aliphatic carbocycles. The van der Waals surface area contributed by atoms with E-state index in [0.717, 1.165) is 6.42 Å². The maximum absolute atomic E-state index is 12.3. The normalized spacial score (nSPS) is 12.8. The summed E-state index contributed by atoms with van der Waals surface area (Å²) in [7, 11) is 0. The highest BCUT2D eigenvalue weighted by atomic mass is 35.5. The number of quaternary nitrogens is 1. The molecule has 0 aliphatic heterocycles. The van der Waals surface area contributed by atoms with E-state index in [0.29, 0.717) is 46.2 Å². The van der Waals surface area contributed by atoms with Crippen LogP contribution >= 0.6 is 11.6 Å². The van der Waals surface area contributed by atoms with E-state index < -0.39 is 0 Å². The van der Waals surface area contributed by atoms with Gasteiger partial charge in [0.2, 0.25) is 0 Å². The second-order valence-electron chi connectivity index (χ2n) is 8.22. The van der Waals surface area contributed by atoms with Crippen LogP contribution in [0.3, 0.4) is 0 Å². The van der Waals surface area contributed by atoms with E-state index in [1.54, 1.807) is 18.2 Å². The number of nitrogens with zero attached hydrogens (tertiary/aromatic N) is 1. The maximum Gasteiger partial charge on any atom is 0.258 e. The minimum Gasteiger partial charge on any atom is -0.334 e. The summed E-state index contributed by atoms with van der Waals surface area (Å²) in [5.41, 5.74) is 3.19. The Bertz CT molecular complexity index is 993. The zero-order chi connectivity index (χ0) is 20.3. The first-order valence-electron chi connectivity index (χ1n) is 9.94. The van der Waals surface area contributed by atoms with E-state index >= 15 is 0 Å². The predicted octanol–water partition coefficient (Wildman–Crippen LogP) is 4.24. The molecule has 0 spiro atoms. The van der Waals surface area contributed by atoms with Crippen molar-refractivity contribution >= 4 is 22.5 Å². The van der Waals surface area contributed by atoms with E-state index in [2.05, 4.69) is 67.2 Å². The average Bonchev–Trinajstić information content (AvgIpc) is 2.62. The molecular weight excluding hydrogens is 370 g/mol. The minimum absolute atomic E-state index is 0.121. The smallest absolute Gasteiger partial charge is 0.258 e. The van der Waals surface area contributed by atoms with Crippen LogP contribution in [-0.2, 0) is 13.0 Å². The van der Waals surface area contributed by atoms with Crippen molar-refractivity contribution in [1.29, 1.82) is 0 Å². The molecule has 0 bridgehead atoms. The fourth-order valence-electron chi connectivity index (χ4n) is 3.64. The Balaban J connectivity index is 1.78. The van der Waals surface area contributed by atoms with Crippen LogP contribution in [0.1, 0.15) is 50.7 Å². The molecule has 28 heavy (non-hydrogen) atoms. The number of nitrogens with one attached hydrogen (secondary N) is 1. The summed E-state index contributed by atoms with van der Waals surface area (Å²) in [4.78, 5) is 19.8. The van der Waals surface area contributed by atoms with E-state index in [1.807, 2.05) is 0 Å². The van der Waals surface area contributed by atoms with Crippen molar-refractivity contribution in [2.24, 2.45) is 11.8 Å². The molecule has 0 radical (unpaired) electrons. The molecule has 1 heterocycles. The third-order valence-electron chi connectivity index (χ3n) is 5.01. The van der Waals surface area contributed by atoms with Gasteiger partial charge in [-0.2, -0.15) is 0 Å². The summed E-state index contributed by atoms with van der Waals surface area (Å²) in [6.45, 7) is 9.53. The maximum atomic E-state index is 12.3. The molecule has 1 atom stereocenters. The summed E-state index contributed by atoms with van der Waals surface area (Å²) in [5.74, 6) is 1.78. The number of hydrogen-bond donors (Lipinski definition) is 2. The van der Waals surface area contributed by atoms with Crippen LogP contribution in [-0.4, -0.2) is 9.97 Å². The first-order valence-corrected chi connectivity index (χ1v) is 10.3. The van der Waals surface area contributed by atoms with Crippen molar-refractivity contribution in [3.05, 3.63) is 74.8 Å². The lowest BCUT2D eigenvalue weighted by molar-refractivity contribution is -0.718. The molecular formula is C23H29ClN3O+. The number of nitrogens with two attached hydrogens (primary N) is 1. The van der Waals surface area contributed by atoms with Crippen LogP contribution in [0.2, 0.25) is 5.02 Å². The van der Waals surface area contributed by atoms with Gasteiger partial charge in [0, 0.05) is 16.5 Å². The standard InChI is InChI=1S/C23H28ClN3O/c1-14(2)11-16-5-7-17(8-6-16)22(15(3)4)25-13-21-26-20-12-18(24)9-10-19(20)23(28)27-21/h5-10,12,14-15,22,25H,11,13H2,1-4H3,(H,26,27,28)/p+1/t22-/m1/s1. The molecule has 3 N–H and O–H groups in total. The van der Waals surface area contributed by atoms with E-state index in [-0.39, 0.29) is 5.56 Å². The van der Waals surface area contributed by atoms with E-state index in [4.69, 9.17) is 11.6 Å². The average molecular weight is 399 g/mol. The van der Waals surface area contributed by atoms with Gasteiger partial charge in [0.25, 0.3) is 5.56 Å². The van der Waals surface area contributed by atoms with Crippen LogP contribution in [0.5, 0.6) is 0 Å². The van der Waals surface area contributed by atoms with E-state index in [9.17, 15) is 4.79 Å². The van der Waals surface area contributed by atoms with Crippen molar-refractivity contribution in [2.75, 3.05) is 0 Å². The summed E-state index contributed by atoms with van der Waals surface area (Å²) in [6, 6.07) is 14.4. The predicted molar refractivity (Wildman–Crippen MR) is 116 cm³/mol. The number of aromatic nitrogens is 2. The van der Waals surface area contributed by atoms with Crippen LogP contribution in [0, 0.1) is 11.8 Å². The molecule has 0 unspecified atom stereocenters. The number of H-pyrrole nitrogens is 1. The molecule has 3 rings (SSSR count). The number of hydrogen-bond acceptors (Lipinski definition) is 2. The first-order chi connectivity index (χ1) is 13.3. The van der Waals surface area contributed by atoms with Crippen molar-refractivity contribution in [1.82, 2.24) is 9.97 Å². The summed E-state index contributed by atoms with van der Waals surface area (Å²) in [5, 5.41) is 3.40. The highest BCUT2D eigenvalue weighted by molar-refractivity contribution is 6.31. The van der Waals surface area contributed by atoms with Gasteiger partial charge in [-0.05, 0) is 36.1 Å². The Labute approximate surface area is 171 Å². The second-order valence-corrected chi connectivity index (χ2v) is 8.66. The van der Waals surface area contributed by atoms with Gasteiger partial charge in [0.05, 0.1) is 10.9 Å². The fraction of sp³-hybridized carbons (Fsp3) is 0.391. The molecule has 0 fully saturated rings. The summed E-state index contributed by atoms with van der Waals surface area (Å²) in [6.07, 6.45) is 1.10. The Hall–Kier alpha value is -2.17. The van der Waals surface area contributed by atoms with Gasteiger partial charge in [-0.15, -0.1) is 0 Å². The van der Waals surface area contributed by atoms with Gasteiger partial charge in [-0.3, -0.25) is 4.79 Å². The van der Waals surface area contributed by atoms with Gasteiger partial charge in [0.1, 0.15) is 12.6 Å². The number of aromatic amines is 1. The highest BCUT2D eigenvalue weighted by Crippen LogP contribution is 2.20. The van der Waals surface area contributed by atoms with Crippen LogP contribution in [0.4, 0.5) is 0 Å². The Morgan fingerprint density at radius 3 is 2.43 bits per heavy atom. The monoisotopic (exact) mass is 398 g/mol. The largest absolute Gasteiger partial charge is 0.334 e. The van der Waals surface area contributed by atoms with Gasteiger partial charge < -0.3 is 10.3 Å². The lowest BCUT2D eigenvalue weighted by atomic mass is 9.93. The number of benzene rings is 2. The Morgan fingerprint density at radius 1 is 1.07 bits per heavy atom. The molecule has 0 saturated heterocycles. The third kappa shape index (κ3) is 5.00. The summed E-state index contributed by atoms with van der Waals surface area (Å²) < 4.78 is 0. The zero-order valence-corrected chi connectivity index (χ0v) is 17.8. The molecule has 1 aromatic heterocycles. The lowest BCUT2D eigenvalue weighted by Gasteiger charge is -2.20. The molecule has 2 aromatic carbocycles. The molecule has 4 nitrogen and oxygen atoms in total. The zero-order valence-electron chi connectivity index (χ0n) is 17.0. The second kappa shape index (κ2) is 8.89. The van der Waals surface area contributed by atoms with Crippen LogP contribution in [0.25, 0.3) is 10.9 Å². The van der Waals surface area contributed by atoms with Crippen molar-refractivity contribution in [3.8, 4) is 0 Å².